The number of amides is 1. The zero-order valence-corrected chi connectivity index (χ0v) is 18.9. The van der Waals surface area contributed by atoms with Gasteiger partial charge in [0.25, 0.3) is 11.5 Å². The molecule has 0 aliphatic heterocycles. The number of fused-ring (bicyclic) bond motifs is 1. The topological polar surface area (TPSA) is 106 Å². The summed E-state index contributed by atoms with van der Waals surface area (Å²) >= 11 is 1.46. The van der Waals surface area contributed by atoms with Gasteiger partial charge < -0.3 is 9.84 Å². The van der Waals surface area contributed by atoms with Crippen LogP contribution < -0.4 is 15.7 Å². The standard InChI is InChI=1S/C24H22N4O4S/c1-3-32-19-11-16(9-10-18(19)29)12-26-27-20(30)13-28-14-25-23-22(24(28)31)21(15(2)33-23)17-7-5-4-6-8-17/h4-12,14,29H,3,13H2,1-2H3,(H,27,30). The molecular formula is C24H22N4O4S. The van der Waals surface area contributed by atoms with Crippen molar-refractivity contribution in [2.75, 3.05) is 6.61 Å². The summed E-state index contributed by atoms with van der Waals surface area (Å²) in [4.78, 5) is 31.6. The maximum atomic E-state index is 13.2. The number of phenolic OH excluding ortho intramolecular Hbond substituents is 1. The number of hydrazone groups is 1. The van der Waals surface area contributed by atoms with E-state index in [1.165, 1.54) is 34.5 Å². The van der Waals surface area contributed by atoms with Crippen LogP contribution in [0.5, 0.6) is 11.5 Å². The first-order valence-electron chi connectivity index (χ1n) is 10.3. The van der Waals surface area contributed by atoms with Crippen LogP contribution in [0.2, 0.25) is 0 Å². The van der Waals surface area contributed by atoms with E-state index >= 15 is 0 Å². The number of nitrogens with one attached hydrogen (secondary N) is 1. The number of aryl methyl sites for hydroxylation is 1. The molecule has 33 heavy (non-hydrogen) atoms. The molecule has 9 heteroatoms. The van der Waals surface area contributed by atoms with Crippen molar-refractivity contribution in [3.05, 3.63) is 75.7 Å². The van der Waals surface area contributed by atoms with E-state index in [0.717, 1.165) is 16.0 Å². The van der Waals surface area contributed by atoms with E-state index in [0.29, 0.717) is 28.1 Å². The Morgan fingerprint density at radius 2 is 2.06 bits per heavy atom. The lowest BCUT2D eigenvalue weighted by molar-refractivity contribution is -0.121. The van der Waals surface area contributed by atoms with Crippen LogP contribution >= 0.6 is 11.3 Å². The first-order chi connectivity index (χ1) is 16.0. The molecule has 2 aromatic carbocycles. The van der Waals surface area contributed by atoms with Crippen molar-refractivity contribution in [2.24, 2.45) is 5.10 Å². The third-order valence-electron chi connectivity index (χ3n) is 4.92. The molecule has 0 unspecified atom stereocenters. The number of benzene rings is 2. The van der Waals surface area contributed by atoms with Crippen LogP contribution in [0.4, 0.5) is 0 Å². The van der Waals surface area contributed by atoms with Crippen LogP contribution in [-0.2, 0) is 11.3 Å². The number of ether oxygens (including phenoxy) is 1. The van der Waals surface area contributed by atoms with E-state index in [1.807, 2.05) is 44.2 Å². The third kappa shape index (κ3) is 4.78. The lowest BCUT2D eigenvalue weighted by atomic mass is 10.0. The van der Waals surface area contributed by atoms with Crippen LogP contribution in [0.25, 0.3) is 21.3 Å². The van der Waals surface area contributed by atoms with Gasteiger partial charge in [-0.15, -0.1) is 11.3 Å². The number of carbonyl (C=O) groups is 1. The Morgan fingerprint density at radius 1 is 1.27 bits per heavy atom. The number of nitrogens with zero attached hydrogens (tertiary/aromatic N) is 3. The van der Waals surface area contributed by atoms with E-state index in [9.17, 15) is 14.7 Å². The number of carbonyl (C=O) groups excluding carboxylic acids is 1. The minimum Gasteiger partial charge on any atom is -0.504 e. The molecule has 0 saturated heterocycles. The van der Waals surface area contributed by atoms with Crippen molar-refractivity contribution in [3.8, 4) is 22.6 Å². The monoisotopic (exact) mass is 462 g/mol. The summed E-state index contributed by atoms with van der Waals surface area (Å²) in [5, 5.41) is 14.2. The molecule has 2 aromatic heterocycles. The Kier molecular flexibility index (Phi) is 6.50. The van der Waals surface area contributed by atoms with Gasteiger partial charge >= 0.3 is 0 Å². The second-order valence-corrected chi connectivity index (χ2v) is 8.41. The first-order valence-corrected chi connectivity index (χ1v) is 11.1. The van der Waals surface area contributed by atoms with Gasteiger partial charge in [0, 0.05) is 10.4 Å². The summed E-state index contributed by atoms with van der Waals surface area (Å²) < 4.78 is 6.61. The number of aromatic nitrogens is 2. The van der Waals surface area contributed by atoms with Crippen molar-refractivity contribution < 1.29 is 14.6 Å². The smallest absolute Gasteiger partial charge is 0.263 e. The quantitative estimate of drug-likeness (QED) is 0.322. The van der Waals surface area contributed by atoms with E-state index in [4.69, 9.17) is 4.74 Å². The summed E-state index contributed by atoms with van der Waals surface area (Å²) in [5.74, 6) is -0.107. The van der Waals surface area contributed by atoms with Gasteiger partial charge in [-0.05, 0) is 43.2 Å². The van der Waals surface area contributed by atoms with Gasteiger partial charge in [-0.25, -0.2) is 10.4 Å². The van der Waals surface area contributed by atoms with Crippen molar-refractivity contribution in [3.63, 3.8) is 0 Å². The Morgan fingerprint density at radius 3 is 2.82 bits per heavy atom. The highest BCUT2D eigenvalue weighted by Crippen LogP contribution is 2.35. The Hall–Kier alpha value is -3.98. The number of thiophene rings is 1. The van der Waals surface area contributed by atoms with Crippen molar-refractivity contribution in [1.29, 1.82) is 0 Å². The molecule has 4 rings (SSSR count). The van der Waals surface area contributed by atoms with Gasteiger partial charge in [0.1, 0.15) is 11.4 Å². The Balaban J connectivity index is 1.53. The van der Waals surface area contributed by atoms with Crippen molar-refractivity contribution in [2.45, 2.75) is 20.4 Å². The predicted octanol–water partition coefficient (Wildman–Crippen LogP) is 3.69. The number of phenols is 1. The van der Waals surface area contributed by atoms with Crippen molar-refractivity contribution >= 4 is 33.7 Å². The maximum absolute atomic E-state index is 13.2. The summed E-state index contributed by atoms with van der Waals surface area (Å²) in [6.45, 7) is 3.96. The summed E-state index contributed by atoms with van der Waals surface area (Å²) in [6.07, 6.45) is 2.81. The van der Waals surface area contributed by atoms with Crippen LogP contribution in [0.3, 0.4) is 0 Å². The lowest BCUT2D eigenvalue weighted by Crippen LogP contribution is -2.30. The highest BCUT2D eigenvalue weighted by atomic mass is 32.1. The highest BCUT2D eigenvalue weighted by molar-refractivity contribution is 7.19. The molecule has 0 aliphatic carbocycles. The van der Waals surface area contributed by atoms with Gasteiger partial charge in [0.15, 0.2) is 11.5 Å². The molecular weight excluding hydrogens is 440 g/mol. The predicted molar refractivity (Wildman–Crippen MR) is 129 cm³/mol. The van der Waals surface area contributed by atoms with Gasteiger partial charge in [0.05, 0.1) is 24.5 Å². The van der Waals surface area contributed by atoms with Crippen molar-refractivity contribution in [1.82, 2.24) is 15.0 Å². The molecule has 168 valence electrons. The van der Waals surface area contributed by atoms with Gasteiger partial charge in [-0.1, -0.05) is 30.3 Å². The molecule has 0 saturated carbocycles. The Bertz CT molecular complexity index is 1390. The molecule has 4 aromatic rings. The average molecular weight is 463 g/mol. The third-order valence-corrected chi connectivity index (χ3v) is 5.93. The van der Waals surface area contributed by atoms with Gasteiger partial charge in [-0.3, -0.25) is 14.2 Å². The van der Waals surface area contributed by atoms with Crippen LogP contribution in [-0.4, -0.2) is 33.4 Å². The SMILES string of the molecule is CCOc1cc(C=NNC(=O)Cn2cnc3sc(C)c(-c4ccccc4)c3c2=O)ccc1O. The average Bonchev–Trinajstić information content (AvgIpc) is 3.15. The molecule has 0 fully saturated rings. The largest absolute Gasteiger partial charge is 0.504 e. The fraction of sp³-hybridized carbons (Fsp3) is 0.167. The molecule has 0 bridgehead atoms. The summed E-state index contributed by atoms with van der Waals surface area (Å²) in [7, 11) is 0. The van der Waals surface area contributed by atoms with Gasteiger partial charge in [0.2, 0.25) is 0 Å². The first kappa shape index (κ1) is 22.2. The van der Waals surface area contributed by atoms with E-state index in [1.54, 1.807) is 12.1 Å². The van der Waals surface area contributed by atoms with Crippen LogP contribution in [0.1, 0.15) is 17.4 Å². The van der Waals surface area contributed by atoms with Gasteiger partial charge in [-0.2, -0.15) is 5.10 Å². The minimum absolute atomic E-state index is 0.0267. The lowest BCUT2D eigenvalue weighted by Gasteiger charge is -2.07. The number of hydrogen-bond acceptors (Lipinski definition) is 7. The fourth-order valence-corrected chi connectivity index (χ4v) is 4.46. The van der Waals surface area contributed by atoms with Crippen LogP contribution in [0.15, 0.2) is 64.8 Å². The second-order valence-electron chi connectivity index (χ2n) is 7.21. The van der Waals surface area contributed by atoms with E-state index in [2.05, 4.69) is 15.5 Å². The Labute approximate surface area is 193 Å². The molecule has 0 radical (unpaired) electrons. The van der Waals surface area contributed by atoms with E-state index in [-0.39, 0.29) is 17.9 Å². The minimum atomic E-state index is -0.466. The zero-order chi connectivity index (χ0) is 23.4. The normalized spacial score (nSPS) is 11.2. The molecule has 0 atom stereocenters. The maximum Gasteiger partial charge on any atom is 0.263 e. The summed E-state index contributed by atoms with van der Waals surface area (Å²) in [5.41, 5.74) is 4.56. The number of aromatic hydroxyl groups is 1. The second kappa shape index (κ2) is 9.66. The molecule has 0 spiro atoms. The highest BCUT2D eigenvalue weighted by Gasteiger charge is 2.17. The number of rotatable bonds is 7. The zero-order valence-electron chi connectivity index (χ0n) is 18.1. The molecule has 1 amide bonds. The number of hydrogen-bond donors (Lipinski definition) is 2. The van der Waals surface area contributed by atoms with Crippen LogP contribution in [0, 0.1) is 6.92 Å². The summed E-state index contributed by atoms with van der Waals surface area (Å²) in [6, 6.07) is 14.4. The fourth-order valence-electron chi connectivity index (χ4n) is 3.45. The molecule has 2 N–H and O–H groups in total. The molecule has 0 aliphatic rings. The van der Waals surface area contributed by atoms with E-state index < -0.39 is 5.91 Å². The molecule has 8 nitrogen and oxygen atoms in total. The molecule has 2 heterocycles.